The molecule has 2 N–H and O–H groups in total. The van der Waals surface area contributed by atoms with Gasteiger partial charge in [0.2, 0.25) is 0 Å². The minimum absolute atomic E-state index is 0. The number of hydrogen-bond acceptors (Lipinski definition) is 2. The van der Waals surface area contributed by atoms with Crippen molar-refractivity contribution in [2.75, 3.05) is 7.05 Å². The molecule has 0 aromatic carbocycles. The molecule has 1 amide bonds. The molecule has 0 atom stereocenters. The van der Waals surface area contributed by atoms with Crippen molar-refractivity contribution in [2.24, 2.45) is 0 Å². The zero-order valence-corrected chi connectivity index (χ0v) is 5.16. The van der Waals surface area contributed by atoms with E-state index >= 15 is 0 Å². The normalized spacial score (nSPS) is 5.29. The number of carboxylic acid groups (broad SMARTS) is 1. The number of nitrogens with two attached hydrogens (primary N) is 1. The first-order chi connectivity index (χ1) is 2.27. The van der Waals surface area contributed by atoms with E-state index in [0.717, 1.165) is 5.32 Å². The van der Waals surface area contributed by atoms with E-state index in [1.807, 2.05) is 0 Å². The second-order valence-electron chi connectivity index (χ2n) is 0.608. The highest BCUT2D eigenvalue weighted by molar-refractivity contribution is 5.48. The first-order valence-corrected chi connectivity index (χ1v) is 1.27. The predicted molar refractivity (Wildman–Crippen MR) is 13.2 cm³/mol. The number of rotatable bonds is 0. The van der Waals surface area contributed by atoms with Crippen LogP contribution in [-0.2, 0) is 0 Å². The molecule has 0 saturated carbocycles. The summed E-state index contributed by atoms with van der Waals surface area (Å²) in [5, 5.41) is 10.2. The van der Waals surface area contributed by atoms with Gasteiger partial charge in [-0.25, -0.2) is 0 Å². The summed E-state index contributed by atoms with van der Waals surface area (Å²) in [5.74, 6) is 0. The molecule has 0 heterocycles. The van der Waals surface area contributed by atoms with Gasteiger partial charge in [0.15, 0.2) is 0 Å². The first kappa shape index (κ1) is 15.7. The van der Waals surface area contributed by atoms with E-state index in [4.69, 9.17) is 0 Å². The summed E-state index contributed by atoms with van der Waals surface area (Å²) in [7, 11) is 1.41. The van der Waals surface area contributed by atoms with Gasteiger partial charge in [-0.1, -0.05) is 0 Å². The summed E-state index contributed by atoms with van der Waals surface area (Å²) in [4.78, 5) is 9.20. The molecule has 0 fully saturated rings. The summed E-state index contributed by atoms with van der Waals surface area (Å²) < 4.78 is 0. The number of carbonyl (C=O) groups is 1. The van der Waals surface area contributed by atoms with Crippen molar-refractivity contribution < 1.29 is 40.0 Å². The molecule has 3 nitrogen and oxygen atoms in total. The van der Waals surface area contributed by atoms with E-state index in [-0.39, 0.29) is 24.8 Å². The van der Waals surface area contributed by atoms with E-state index in [0.29, 0.717) is 0 Å². The first-order valence-electron chi connectivity index (χ1n) is 1.27. The van der Waals surface area contributed by atoms with Crippen LogP contribution in [0, 0.1) is 0 Å². The van der Waals surface area contributed by atoms with Crippen molar-refractivity contribution in [3.05, 3.63) is 0 Å². The van der Waals surface area contributed by atoms with Crippen LogP contribution in [0.4, 0.5) is 4.79 Å². The smallest absolute Gasteiger partial charge is 0.253 e. The van der Waals surface area contributed by atoms with Gasteiger partial charge in [-0.3, -0.25) is 5.32 Å². The monoisotopic (exact) mass is 145 g/mol. The number of amides is 1. The fourth-order valence-corrected chi connectivity index (χ4v) is 0. The van der Waals surface area contributed by atoms with E-state index < -0.39 is 6.09 Å². The zero-order valence-electron chi connectivity index (χ0n) is 3.65. The van der Waals surface area contributed by atoms with Gasteiger partial charge in [-0.05, 0) is 0 Å². The van der Waals surface area contributed by atoms with Gasteiger partial charge in [0.25, 0.3) is 6.09 Å². The third-order valence-corrected chi connectivity index (χ3v) is 0.236. The van der Waals surface area contributed by atoms with Gasteiger partial charge in [-0.2, -0.15) is 0 Å². The molecule has 0 spiro atoms. The lowest BCUT2D eigenvalue weighted by atomic mass is 11.1. The van der Waals surface area contributed by atoms with Gasteiger partial charge < -0.3 is 34.7 Å². The van der Waals surface area contributed by atoms with Crippen LogP contribution in [-0.4, -0.2) is 13.1 Å². The molecule has 0 radical (unpaired) electrons. The van der Waals surface area contributed by atoms with Gasteiger partial charge in [0.1, 0.15) is 0 Å². The predicted octanol–water partition coefficient (Wildman–Crippen LogP) is -8.47. The van der Waals surface area contributed by atoms with Crippen LogP contribution in [0.2, 0.25) is 0 Å². The lowest BCUT2D eigenvalue weighted by Gasteiger charge is -1.84. The Bertz CT molecular complexity index is 49.0. The van der Waals surface area contributed by atoms with Crippen molar-refractivity contribution in [2.45, 2.75) is 0 Å². The van der Waals surface area contributed by atoms with Crippen molar-refractivity contribution in [3.8, 4) is 0 Å². The Morgan fingerprint density at radius 1 is 1.57 bits per heavy atom. The average Bonchev–Trinajstić information content (AvgIpc) is 1.38. The Morgan fingerprint density at radius 3 is 1.71 bits per heavy atom. The summed E-state index contributed by atoms with van der Waals surface area (Å²) in [6, 6.07) is 0. The molecule has 46 valence electrons. The molecule has 0 aromatic rings. The van der Waals surface area contributed by atoms with Crippen LogP contribution in [0.5, 0.6) is 0 Å². The highest BCUT2D eigenvalue weighted by Crippen LogP contribution is 1.21. The van der Waals surface area contributed by atoms with Crippen molar-refractivity contribution in [1.29, 1.82) is 0 Å². The second kappa shape index (κ2) is 9.38. The SMILES string of the molecule is C[NH2+]C(=O)[O-].[Cl-].[Cl-]. The van der Waals surface area contributed by atoms with Gasteiger partial charge in [-0.15, -0.1) is 0 Å². The molecule has 7 heavy (non-hydrogen) atoms. The van der Waals surface area contributed by atoms with Gasteiger partial charge in [0.05, 0.1) is 7.05 Å². The quantitative estimate of drug-likeness (QED) is 0.369. The lowest BCUT2D eigenvalue weighted by Crippen LogP contribution is -3.00. The van der Waals surface area contributed by atoms with Crippen LogP contribution in [0.15, 0.2) is 0 Å². The minimum atomic E-state index is -1.12. The topological polar surface area (TPSA) is 56.7 Å². The molecule has 0 unspecified atom stereocenters. The molecule has 0 rings (SSSR count). The van der Waals surface area contributed by atoms with E-state index in [2.05, 4.69) is 0 Å². The maximum absolute atomic E-state index is 9.20. The molecule has 5 heteroatoms. The summed E-state index contributed by atoms with van der Waals surface area (Å²) in [6.45, 7) is 0. The van der Waals surface area contributed by atoms with Crippen molar-refractivity contribution in [1.82, 2.24) is 0 Å². The fraction of sp³-hybridized carbons (Fsp3) is 0.500. The number of hydrogen-bond donors (Lipinski definition) is 1. The highest BCUT2D eigenvalue weighted by atomic mass is 35.5. The minimum Gasteiger partial charge on any atom is -1.00 e. The maximum Gasteiger partial charge on any atom is 0.253 e. The van der Waals surface area contributed by atoms with Crippen LogP contribution in [0.3, 0.4) is 0 Å². The van der Waals surface area contributed by atoms with Crippen LogP contribution in [0.25, 0.3) is 0 Å². The maximum atomic E-state index is 9.20. The molecule has 0 aliphatic heterocycles. The van der Waals surface area contributed by atoms with Crippen molar-refractivity contribution >= 4 is 6.09 Å². The third kappa shape index (κ3) is 23.9. The van der Waals surface area contributed by atoms with Crippen LogP contribution in [0.1, 0.15) is 0 Å². The zero-order chi connectivity index (χ0) is 4.28. The summed E-state index contributed by atoms with van der Waals surface area (Å²) in [5.41, 5.74) is 0. The molecule has 0 aliphatic carbocycles. The van der Waals surface area contributed by atoms with Gasteiger partial charge in [0, 0.05) is 0 Å². The fourth-order valence-electron chi connectivity index (χ4n) is 0. The van der Waals surface area contributed by atoms with Crippen LogP contribution < -0.4 is 35.2 Å². The summed E-state index contributed by atoms with van der Waals surface area (Å²) >= 11 is 0. The molecule has 0 bridgehead atoms. The Morgan fingerprint density at radius 2 is 1.71 bits per heavy atom. The van der Waals surface area contributed by atoms with Crippen molar-refractivity contribution in [3.63, 3.8) is 0 Å². The number of quaternary nitrogens is 1. The molecule has 0 aliphatic rings. The summed E-state index contributed by atoms with van der Waals surface area (Å²) in [6.07, 6.45) is -1.12. The molecular weight excluding hydrogens is 141 g/mol. The lowest BCUT2D eigenvalue weighted by molar-refractivity contribution is -0.592. The van der Waals surface area contributed by atoms with Gasteiger partial charge >= 0.3 is 0 Å². The molecule has 0 saturated heterocycles. The second-order valence-corrected chi connectivity index (χ2v) is 0.608. The third-order valence-electron chi connectivity index (χ3n) is 0.236. The standard InChI is InChI=1S/C2H5NO2.2ClH/c1-3-2(4)5;;/h3H,1H3,(H,4,5);2*1H/p-2. The Hall–Kier alpha value is 0.01000. The highest BCUT2D eigenvalue weighted by Gasteiger charge is 1.68. The Labute approximate surface area is 53.9 Å². The Kier molecular flexibility index (Phi) is 21.1. The number of carbonyl (C=O) groups excluding carboxylic acids is 1. The number of primary amides is 1. The van der Waals surface area contributed by atoms with E-state index in [1.165, 1.54) is 7.05 Å². The van der Waals surface area contributed by atoms with Crippen LogP contribution >= 0.6 is 0 Å². The molecule has 0 aromatic heterocycles. The average molecular weight is 146 g/mol. The number of halogens is 2. The largest absolute Gasteiger partial charge is 1.00 e. The van der Waals surface area contributed by atoms with E-state index in [9.17, 15) is 9.90 Å². The molecular formula is C2H5Cl2NO2-2. The van der Waals surface area contributed by atoms with E-state index in [1.54, 1.807) is 0 Å². The Balaban J connectivity index is -0.0000000800.